The molecule has 0 radical (unpaired) electrons. The van der Waals surface area contributed by atoms with Gasteiger partial charge in [0.1, 0.15) is 0 Å². The maximum Gasteiger partial charge on any atom is 0.0486 e. The molecule has 0 bridgehead atoms. The van der Waals surface area contributed by atoms with E-state index in [0.29, 0.717) is 0 Å². The molecule has 2 heteroatoms. The molecule has 0 atom stereocenters. The number of fused-ring (bicyclic) bond motifs is 1. The van der Waals surface area contributed by atoms with Crippen LogP contribution < -0.4 is 5.32 Å². The molecule has 0 saturated heterocycles. The van der Waals surface area contributed by atoms with Gasteiger partial charge in [0, 0.05) is 30.2 Å². The van der Waals surface area contributed by atoms with Crippen LogP contribution in [-0.2, 0) is 19.5 Å². The van der Waals surface area contributed by atoms with Crippen molar-refractivity contribution in [3.05, 3.63) is 108 Å². The molecule has 1 heterocycles. The van der Waals surface area contributed by atoms with E-state index in [1.807, 2.05) is 0 Å². The predicted octanol–water partition coefficient (Wildman–Crippen LogP) is 5.02. The van der Waals surface area contributed by atoms with Gasteiger partial charge in [-0.3, -0.25) is 0 Å². The van der Waals surface area contributed by atoms with Crippen molar-refractivity contribution in [1.82, 2.24) is 9.88 Å². The number of benzene rings is 3. The molecule has 2 nitrogen and oxygen atoms in total. The van der Waals surface area contributed by atoms with Crippen molar-refractivity contribution >= 4 is 10.9 Å². The van der Waals surface area contributed by atoms with Crippen molar-refractivity contribution in [2.45, 2.75) is 19.5 Å². The molecule has 1 aromatic heterocycles. The van der Waals surface area contributed by atoms with Crippen LogP contribution in [0.4, 0.5) is 0 Å². The Bertz CT molecular complexity index is 955. The van der Waals surface area contributed by atoms with Crippen LogP contribution >= 0.6 is 0 Å². The Morgan fingerprint density at radius 3 is 2.12 bits per heavy atom. The number of nitrogens with one attached hydrogen (secondary N) is 1. The van der Waals surface area contributed by atoms with Crippen LogP contribution in [-0.4, -0.2) is 11.1 Å². The van der Waals surface area contributed by atoms with Crippen LogP contribution in [0, 0.1) is 0 Å². The highest BCUT2D eigenvalue weighted by atomic mass is 15.0. The van der Waals surface area contributed by atoms with E-state index in [9.17, 15) is 0 Å². The maximum atomic E-state index is 3.61. The molecule has 0 aliphatic rings. The van der Waals surface area contributed by atoms with Crippen molar-refractivity contribution in [2.24, 2.45) is 0 Å². The molecular formula is C24H24N2. The summed E-state index contributed by atoms with van der Waals surface area (Å²) in [5.74, 6) is 0. The molecule has 130 valence electrons. The fraction of sp³-hybridized carbons (Fsp3) is 0.167. The van der Waals surface area contributed by atoms with Gasteiger partial charge in [-0.25, -0.2) is 0 Å². The summed E-state index contributed by atoms with van der Waals surface area (Å²) in [5, 5.41) is 4.95. The number of hydrogen-bond donors (Lipinski definition) is 1. The average molecular weight is 340 g/mol. The number of para-hydroxylation sites is 1. The monoisotopic (exact) mass is 340 g/mol. The van der Waals surface area contributed by atoms with Gasteiger partial charge < -0.3 is 9.88 Å². The van der Waals surface area contributed by atoms with Crippen molar-refractivity contribution in [1.29, 1.82) is 0 Å². The maximum absolute atomic E-state index is 3.61. The molecular weight excluding hydrogens is 316 g/mol. The van der Waals surface area contributed by atoms with Crippen molar-refractivity contribution in [3.63, 3.8) is 0 Å². The first-order valence-electron chi connectivity index (χ1n) is 9.25. The normalized spacial score (nSPS) is 11.1. The van der Waals surface area contributed by atoms with Crippen molar-refractivity contribution in [3.8, 4) is 0 Å². The Kier molecular flexibility index (Phi) is 5.13. The number of hydrogen-bond acceptors (Lipinski definition) is 1. The second-order valence-electron chi connectivity index (χ2n) is 6.70. The molecule has 4 rings (SSSR count). The van der Waals surface area contributed by atoms with Gasteiger partial charge in [0.2, 0.25) is 0 Å². The van der Waals surface area contributed by atoms with Gasteiger partial charge in [0.15, 0.2) is 0 Å². The second kappa shape index (κ2) is 8.03. The lowest BCUT2D eigenvalue weighted by atomic mass is 10.1. The van der Waals surface area contributed by atoms with Gasteiger partial charge in [-0.15, -0.1) is 0 Å². The quantitative estimate of drug-likeness (QED) is 0.467. The fourth-order valence-corrected chi connectivity index (χ4v) is 3.48. The van der Waals surface area contributed by atoms with Crippen molar-refractivity contribution < 1.29 is 0 Å². The molecule has 26 heavy (non-hydrogen) atoms. The minimum Gasteiger partial charge on any atom is -0.343 e. The van der Waals surface area contributed by atoms with Crippen LogP contribution in [0.25, 0.3) is 10.9 Å². The van der Waals surface area contributed by atoms with Crippen LogP contribution in [0.1, 0.15) is 16.7 Å². The first-order chi connectivity index (χ1) is 12.9. The highest BCUT2D eigenvalue weighted by molar-refractivity contribution is 5.84. The Labute approximate surface area is 155 Å². The van der Waals surface area contributed by atoms with E-state index in [4.69, 9.17) is 0 Å². The summed E-state index contributed by atoms with van der Waals surface area (Å²) in [4.78, 5) is 0. The van der Waals surface area contributed by atoms with E-state index in [2.05, 4.69) is 101 Å². The molecule has 4 aromatic rings. The Hall–Kier alpha value is -2.84. The lowest BCUT2D eigenvalue weighted by molar-refractivity contribution is 0.686. The van der Waals surface area contributed by atoms with Gasteiger partial charge in [-0.1, -0.05) is 78.9 Å². The Morgan fingerprint density at radius 2 is 1.35 bits per heavy atom. The van der Waals surface area contributed by atoms with E-state index >= 15 is 0 Å². The molecule has 0 saturated carbocycles. The van der Waals surface area contributed by atoms with Gasteiger partial charge >= 0.3 is 0 Å². The molecule has 0 amide bonds. The lowest BCUT2D eigenvalue weighted by Crippen LogP contribution is -2.16. The number of nitrogens with zero attached hydrogens (tertiary/aromatic N) is 1. The zero-order chi connectivity index (χ0) is 17.6. The van der Waals surface area contributed by atoms with Crippen LogP contribution in [0.15, 0.2) is 91.1 Å². The molecule has 0 unspecified atom stereocenters. The second-order valence-corrected chi connectivity index (χ2v) is 6.70. The van der Waals surface area contributed by atoms with Crippen molar-refractivity contribution in [2.75, 3.05) is 6.54 Å². The van der Waals surface area contributed by atoms with Gasteiger partial charge in [-0.05, 0) is 35.7 Å². The van der Waals surface area contributed by atoms with E-state index < -0.39 is 0 Å². The minimum atomic E-state index is 0.898. The molecule has 1 N–H and O–H groups in total. The van der Waals surface area contributed by atoms with E-state index in [1.165, 1.54) is 27.6 Å². The fourth-order valence-electron chi connectivity index (χ4n) is 3.48. The summed E-state index contributed by atoms with van der Waals surface area (Å²) in [6, 6.07) is 30.0. The highest BCUT2D eigenvalue weighted by Gasteiger charge is 2.08. The summed E-state index contributed by atoms with van der Waals surface area (Å²) >= 11 is 0. The number of rotatable bonds is 7. The SMILES string of the molecule is c1ccc(CCNCc2cn(Cc3ccccc3)c3ccccc23)cc1. The minimum absolute atomic E-state index is 0.898. The third-order valence-corrected chi connectivity index (χ3v) is 4.82. The first kappa shape index (κ1) is 16.6. The first-order valence-corrected chi connectivity index (χ1v) is 9.25. The smallest absolute Gasteiger partial charge is 0.0486 e. The summed E-state index contributed by atoms with van der Waals surface area (Å²) in [5.41, 5.74) is 5.38. The molecule has 0 aliphatic heterocycles. The van der Waals surface area contributed by atoms with E-state index in [-0.39, 0.29) is 0 Å². The average Bonchev–Trinajstić information content (AvgIpc) is 3.05. The third kappa shape index (κ3) is 3.87. The molecule has 0 fully saturated rings. The summed E-state index contributed by atoms with van der Waals surface area (Å²) in [6.07, 6.45) is 3.36. The van der Waals surface area contributed by atoms with Crippen LogP contribution in [0.2, 0.25) is 0 Å². The Balaban J connectivity index is 1.47. The molecule has 0 aliphatic carbocycles. The predicted molar refractivity (Wildman–Crippen MR) is 109 cm³/mol. The van der Waals surface area contributed by atoms with Gasteiger partial charge in [0.25, 0.3) is 0 Å². The lowest BCUT2D eigenvalue weighted by Gasteiger charge is -2.05. The van der Waals surface area contributed by atoms with E-state index in [1.54, 1.807) is 0 Å². The topological polar surface area (TPSA) is 17.0 Å². The molecule has 0 spiro atoms. The number of aromatic nitrogens is 1. The zero-order valence-electron chi connectivity index (χ0n) is 14.9. The highest BCUT2D eigenvalue weighted by Crippen LogP contribution is 2.22. The van der Waals surface area contributed by atoms with Crippen LogP contribution in [0.5, 0.6) is 0 Å². The Morgan fingerprint density at radius 1 is 0.692 bits per heavy atom. The summed E-state index contributed by atoms with van der Waals surface area (Å²) in [6.45, 7) is 2.79. The summed E-state index contributed by atoms with van der Waals surface area (Å²) < 4.78 is 2.36. The third-order valence-electron chi connectivity index (χ3n) is 4.82. The zero-order valence-corrected chi connectivity index (χ0v) is 14.9. The standard InChI is InChI=1S/C24H24N2/c1-3-9-20(10-4-1)15-16-25-17-22-19-26(18-21-11-5-2-6-12-21)24-14-8-7-13-23(22)24/h1-14,19,25H,15-18H2. The van der Waals surface area contributed by atoms with E-state index in [0.717, 1.165) is 26.1 Å². The van der Waals surface area contributed by atoms with Crippen LogP contribution in [0.3, 0.4) is 0 Å². The summed E-state index contributed by atoms with van der Waals surface area (Å²) in [7, 11) is 0. The molecule has 3 aromatic carbocycles. The van der Waals surface area contributed by atoms with Gasteiger partial charge in [0.05, 0.1) is 0 Å². The largest absolute Gasteiger partial charge is 0.343 e. The van der Waals surface area contributed by atoms with Gasteiger partial charge in [-0.2, -0.15) is 0 Å².